The topological polar surface area (TPSA) is 93.4 Å². The molecule has 2 heterocycles. The summed E-state index contributed by atoms with van der Waals surface area (Å²) in [7, 11) is 1.78. The highest BCUT2D eigenvalue weighted by Gasteiger charge is 2.15. The molecule has 8 heteroatoms. The zero-order valence-corrected chi connectivity index (χ0v) is 11.5. The lowest BCUT2D eigenvalue weighted by Crippen LogP contribution is -2.16. The van der Waals surface area contributed by atoms with Crippen molar-refractivity contribution in [2.75, 3.05) is 24.2 Å². The first-order chi connectivity index (χ1) is 9.85. The lowest BCUT2D eigenvalue weighted by Gasteiger charge is -2.11. The molecule has 0 aromatic carbocycles. The Bertz CT molecular complexity index is 547. The van der Waals surface area contributed by atoms with Crippen molar-refractivity contribution in [2.24, 2.45) is 5.92 Å². The maximum Gasteiger partial charge on any atom is 0.258 e. The molecule has 1 fully saturated rings. The number of rotatable bonds is 5. The fraction of sp³-hybridized carbons (Fsp3) is 0.583. The number of hydrogen-bond acceptors (Lipinski definition) is 7. The highest BCUT2D eigenvalue weighted by Crippen LogP contribution is 2.24. The van der Waals surface area contributed by atoms with E-state index >= 15 is 0 Å². The summed E-state index contributed by atoms with van der Waals surface area (Å²) < 4.78 is 1.52. The standard InChI is InChI=1S/C12H18N8/c1-13-10-17-11(15-6-9-4-2-3-5-9)19-12(18-10)20-8-14-7-16-20/h7-9H,2-6H2,1H3,(H2,13,15,17,18,19). The molecular weight excluding hydrogens is 256 g/mol. The first-order valence-corrected chi connectivity index (χ1v) is 6.88. The summed E-state index contributed by atoms with van der Waals surface area (Å²) in [4.78, 5) is 16.9. The molecule has 0 atom stereocenters. The van der Waals surface area contributed by atoms with Gasteiger partial charge in [0, 0.05) is 13.6 Å². The second kappa shape index (κ2) is 5.81. The number of anilines is 2. The van der Waals surface area contributed by atoms with Crippen molar-refractivity contribution in [2.45, 2.75) is 25.7 Å². The van der Waals surface area contributed by atoms with Crippen LogP contribution in [-0.2, 0) is 0 Å². The fourth-order valence-corrected chi connectivity index (χ4v) is 2.42. The lowest BCUT2D eigenvalue weighted by molar-refractivity contribution is 0.577. The largest absolute Gasteiger partial charge is 0.357 e. The van der Waals surface area contributed by atoms with Crippen molar-refractivity contribution in [1.29, 1.82) is 0 Å². The van der Waals surface area contributed by atoms with Crippen molar-refractivity contribution < 1.29 is 0 Å². The summed E-state index contributed by atoms with van der Waals surface area (Å²) >= 11 is 0. The predicted molar refractivity (Wildman–Crippen MR) is 74.7 cm³/mol. The molecule has 0 unspecified atom stereocenters. The van der Waals surface area contributed by atoms with Crippen LogP contribution in [0.25, 0.3) is 5.95 Å². The molecule has 0 spiro atoms. The molecule has 1 aliphatic rings. The number of nitrogens with one attached hydrogen (secondary N) is 2. The monoisotopic (exact) mass is 274 g/mol. The third kappa shape index (κ3) is 2.84. The van der Waals surface area contributed by atoms with Crippen LogP contribution in [0.1, 0.15) is 25.7 Å². The van der Waals surface area contributed by atoms with Crippen molar-refractivity contribution >= 4 is 11.9 Å². The molecule has 8 nitrogen and oxygen atoms in total. The third-order valence-corrected chi connectivity index (χ3v) is 3.49. The Morgan fingerprint density at radius 3 is 2.70 bits per heavy atom. The van der Waals surface area contributed by atoms with Crippen molar-refractivity contribution in [3.05, 3.63) is 12.7 Å². The lowest BCUT2D eigenvalue weighted by atomic mass is 10.1. The summed E-state index contributed by atoms with van der Waals surface area (Å²) in [6.45, 7) is 0.907. The van der Waals surface area contributed by atoms with Crippen LogP contribution in [0, 0.1) is 5.92 Å². The van der Waals surface area contributed by atoms with E-state index in [0.717, 1.165) is 12.5 Å². The zero-order valence-electron chi connectivity index (χ0n) is 11.5. The van der Waals surface area contributed by atoms with E-state index in [0.29, 0.717) is 17.8 Å². The molecule has 0 aliphatic heterocycles. The Balaban J connectivity index is 1.77. The van der Waals surface area contributed by atoms with Crippen LogP contribution >= 0.6 is 0 Å². The molecule has 0 bridgehead atoms. The van der Waals surface area contributed by atoms with Gasteiger partial charge in [0.25, 0.3) is 5.95 Å². The van der Waals surface area contributed by atoms with Gasteiger partial charge in [0.05, 0.1) is 0 Å². The maximum absolute atomic E-state index is 4.37. The average Bonchev–Trinajstić information content (AvgIpc) is 3.17. The van der Waals surface area contributed by atoms with E-state index in [9.17, 15) is 0 Å². The van der Waals surface area contributed by atoms with Gasteiger partial charge in [-0.25, -0.2) is 4.98 Å². The molecule has 0 amide bonds. The quantitative estimate of drug-likeness (QED) is 0.843. The van der Waals surface area contributed by atoms with Gasteiger partial charge in [0.2, 0.25) is 11.9 Å². The average molecular weight is 274 g/mol. The van der Waals surface area contributed by atoms with Crippen LogP contribution in [0.5, 0.6) is 0 Å². The second-order valence-corrected chi connectivity index (χ2v) is 4.90. The Morgan fingerprint density at radius 2 is 2.00 bits per heavy atom. The summed E-state index contributed by atoms with van der Waals surface area (Å²) in [6, 6.07) is 0. The Morgan fingerprint density at radius 1 is 1.20 bits per heavy atom. The van der Waals surface area contributed by atoms with Crippen molar-refractivity contribution in [1.82, 2.24) is 29.7 Å². The fourth-order valence-electron chi connectivity index (χ4n) is 2.42. The normalized spacial score (nSPS) is 15.4. The number of nitrogens with zero attached hydrogens (tertiary/aromatic N) is 6. The minimum absolute atomic E-state index is 0.454. The van der Waals surface area contributed by atoms with Gasteiger partial charge in [0.15, 0.2) is 0 Å². The molecule has 0 radical (unpaired) electrons. The van der Waals surface area contributed by atoms with Crippen LogP contribution in [0.2, 0.25) is 0 Å². The van der Waals surface area contributed by atoms with E-state index in [-0.39, 0.29) is 0 Å². The second-order valence-electron chi connectivity index (χ2n) is 4.90. The van der Waals surface area contributed by atoms with Gasteiger partial charge < -0.3 is 10.6 Å². The van der Waals surface area contributed by atoms with Gasteiger partial charge in [-0.1, -0.05) is 12.8 Å². The molecule has 2 aromatic heterocycles. The van der Waals surface area contributed by atoms with Gasteiger partial charge in [0.1, 0.15) is 12.7 Å². The van der Waals surface area contributed by atoms with Crippen LogP contribution in [0.15, 0.2) is 12.7 Å². The molecule has 3 rings (SSSR count). The molecule has 2 N–H and O–H groups in total. The maximum atomic E-state index is 4.37. The number of hydrogen-bond donors (Lipinski definition) is 2. The van der Waals surface area contributed by atoms with Gasteiger partial charge in [-0.05, 0) is 18.8 Å². The van der Waals surface area contributed by atoms with Crippen LogP contribution in [0.3, 0.4) is 0 Å². The molecule has 0 saturated heterocycles. The van der Waals surface area contributed by atoms with Gasteiger partial charge in [-0.3, -0.25) is 0 Å². The predicted octanol–water partition coefficient (Wildman–Crippen LogP) is 1.10. The molecule has 106 valence electrons. The SMILES string of the molecule is CNc1nc(NCC2CCCC2)nc(-n2cncn2)n1. The Hall–Kier alpha value is -2.25. The van der Waals surface area contributed by atoms with E-state index in [4.69, 9.17) is 0 Å². The van der Waals surface area contributed by atoms with Crippen molar-refractivity contribution in [3.8, 4) is 5.95 Å². The molecule has 20 heavy (non-hydrogen) atoms. The third-order valence-electron chi connectivity index (χ3n) is 3.49. The van der Waals surface area contributed by atoms with E-state index in [2.05, 4.69) is 35.7 Å². The summed E-state index contributed by atoms with van der Waals surface area (Å²) in [5.74, 6) is 2.26. The minimum atomic E-state index is 0.454. The first-order valence-electron chi connectivity index (χ1n) is 6.88. The van der Waals surface area contributed by atoms with E-state index < -0.39 is 0 Å². The Kier molecular flexibility index (Phi) is 3.71. The van der Waals surface area contributed by atoms with Crippen LogP contribution < -0.4 is 10.6 Å². The van der Waals surface area contributed by atoms with Crippen LogP contribution in [-0.4, -0.2) is 43.3 Å². The first kappa shape index (κ1) is 12.8. The number of aromatic nitrogens is 6. The zero-order chi connectivity index (χ0) is 13.8. The van der Waals surface area contributed by atoms with Crippen molar-refractivity contribution in [3.63, 3.8) is 0 Å². The highest BCUT2D eigenvalue weighted by atomic mass is 15.4. The summed E-state index contributed by atoms with van der Waals surface area (Å²) in [5, 5.41) is 10.3. The van der Waals surface area contributed by atoms with E-state index in [1.54, 1.807) is 13.4 Å². The molecule has 2 aromatic rings. The van der Waals surface area contributed by atoms with Gasteiger partial charge in [-0.2, -0.15) is 24.7 Å². The molecule has 1 aliphatic carbocycles. The summed E-state index contributed by atoms with van der Waals surface area (Å²) in [6.07, 6.45) is 8.24. The Labute approximate surface area is 117 Å². The summed E-state index contributed by atoms with van der Waals surface area (Å²) in [5.41, 5.74) is 0. The molecular formula is C12H18N8. The van der Waals surface area contributed by atoms with Gasteiger partial charge in [-0.15, -0.1) is 0 Å². The van der Waals surface area contributed by atoms with E-state index in [1.165, 1.54) is 36.7 Å². The van der Waals surface area contributed by atoms with Gasteiger partial charge >= 0.3 is 0 Å². The highest BCUT2D eigenvalue weighted by molar-refractivity contribution is 5.37. The smallest absolute Gasteiger partial charge is 0.258 e. The minimum Gasteiger partial charge on any atom is -0.357 e. The van der Waals surface area contributed by atoms with E-state index in [1.807, 2.05) is 0 Å². The molecule has 1 saturated carbocycles. The van der Waals surface area contributed by atoms with Crippen LogP contribution in [0.4, 0.5) is 11.9 Å².